The lowest BCUT2D eigenvalue weighted by Gasteiger charge is -2.27. The molecule has 1 unspecified atom stereocenters. The van der Waals surface area contributed by atoms with Gasteiger partial charge in [0.25, 0.3) is 0 Å². The lowest BCUT2D eigenvalue weighted by Crippen LogP contribution is -2.40. The summed E-state index contributed by atoms with van der Waals surface area (Å²) < 4.78 is 4.97. The van der Waals surface area contributed by atoms with Crippen LogP contribution in [0.15, 0.2) is 36.4 Å². The van der Waals surface area contributed by atoms with E-state index >= 15 is 0 Å². The lowest BCUT2D eigenvalue weighted by atomic mass is 9.93. The summed E-state index contributed by atoms with van der Waals surface area (Å²) >= 11 is 0. The van der Waals surface area contributed by atoms with Crippen molar-refractivity contribution in [2.24, 2.45) is 5.92 Å². The van der Waals surface area contributed by atoms with Crippen LogP contribution >= 0.6 is 0 Å². The van der Waals surface area contributed by atoms with Gasteiger partial charge in [-0.05, 0) is 32.3 Å². The summed E-state index contributed by atoms with van der Waals surface area (Å²) in [4.78, 5) is 26.1. The maximum Gasteiger partial charge on any atom is 0.325 e. The number of esters is 1. The Balaban J connectivity index is 2.13. The first-order valence-corrected chi connectivity index (χ1v) is 7.98. The fourth-order valence-electron chi connectivity index (χ4n) is 2.70. The second-order valence-electron chi connectivity index (χ2n) is 5.61. The molecule has 0 bridgehead atoms. The van der Waals surface area contributed by atoms with Gasteiger partial charge in [-0.3, -0.25) is 9.59 Å². The number of aromatic hydroxyl groups is 1. The summed E-state index contributed by atoms with van der Waals surface area (Å²) in [6.07, 6.45) is 6.44. The van der Waals surface area contributed by atoms with Gasteiger partial charge in [-0.25, -0.2) is 0 Å². The Morgan fingerprint density at radius 3 is 2.74 bits per heavy atom. The van der Waals surface area contributed by atoms with E-state index in [4.69, 9.17) is 4.74 Å². The zero-order valence-corrected chi connectivity index (χ0v) is 13.4. The summed E-state index contributed by atoms with van der Waals surface area (Å²) in [5.41, 5.74) is 0.622. The van der Waals surface area contributed by atoms with E-state index in [1.165, 1.54) is 4.90 Å². The second kappa shape index (κ2) is 8.36. The quantitative estimate of drug-likeness (QED) is 0.647. The van der Waals surface area contributed by atoms with Crippen LogP contribution in [0.3, 0.4) is 0 Å². The summed E-state index contributed by atoms with van der Waals surface area (Å²) in [6.45, 7) is 2.12. The fraction of sp³-hybridized carbons (Fsp3) is 0.444. The number of para-hydroxylation sites is 1. The van der Waals surface area contributed by atoms with E-state index in [0.717, 1.165) is 12.8 Å². The van der Waals surface area contributed by atoms with Crippen molar-refractivity contribution in [2.75, 3.05) is 13.2 Å². The average molecular weight is 317 g/mol. The predicted molar refractivity (Wildman–Crippen MR) is 86.6 cm³/mol. The third-order valence-corrected chi connectivity index (χ3v) is 3.91. The number of ether oxygens (including phenoxy) is 1. The van der Waals surface area contributed by atoms with Gasteiger partial charge < -0.3 is 14.7 Å². The molecule has 23 heavy (non-hydrogen) atoms. The zero-order valence-electron chi connectivity index (χ0n) is 13.4. The number of allylic oxidation sites excluding steroid dienone is 2. The van der Waals surface area contributed by atoms with E-state index in [1.54, 1.807) is 31.2 Å². The minimum absolute atomic E-state index is 0.0642. The monoisotopic (exact) mass is 317 g/mol. The zero-order chi connectivity index (χ0) is 16.7. The van der Waals surface area contributed by atoms with Crippen molar-refractivity contribution in [3.8, 4) is 5.75 Å². The Bertz CT molecular complexity index is 582. The molecule has 1 N–H and O–H groups in total. The lowest BCUT2D eigenvalue weighted by molar-refractivity contribution is -0.150. The van der Waals surface area contributed by atoms with Crippen molar-refractivity contribution in [3.63, 3.8) is 0 Å². The predicted octanol–water partition coefficient (Wildman–Crippen LogP) is 2.64. The molecular weight excluding hydrogens is 294 g/mol. The summed E-state index contributed by atoms with van der Waals surface area (Å²) in [6, 6.07) is 6.85. The summed E-state index contributed by atoms with van der Waals surface area (Å²) in [5, 5.41) is 9.92. The molecule has 0 heterocycles. The summed E-state index contributed by atoms with van der Waals surface area (Å²) in [7, 11) is 0. The molecule has 1 amide bonds. The Morgan fingerprint density at radius 1 is 1.30 bits per heavy atom. The van der Waals surface area contributed by atoms with Gasteiger partial charge in [-0.1, -0.05) is 30.4 Å². The normalized spacial score (nSPS) is 16.8. The molecule has 1 aliphatic rings. The largest absolute Gasteiger partial charge is 0.508 e. The van der Waals surface area contributed by atoms with Gasteiger partial charge in [-0.2, -0.15) is 0 Å². The molecule has 5 nitrogen and oxygen atoms in total. The van der Waals surface area contributed by atoms with Crippen LogP contribution < -0.4 is 0 Å². The van der Waals surface area contributed by atoms with Gasteiger partial charge in [0.05, 0.1) is 6.61 Å². The van der Waals surface area contributed by atoms with Crippen LogP contribution in [-0.2, 0) is 20.9 Å². The highest BCUT2D eigenvalue weighted by Gasteiger charge is 2.27. The van der Waals surface area contributed by atoms with Crippen LogP contribution in [-0.4, -0.2) is 35.0 Å². The van der Waals surface area contributed by atoms with Crippen LogP contribution in [0.4, 0.5) is 0 Å². The average Bonchev–Trinajstić information content (AvgIpc) is 2.56. The Labute approximate surface area is 136 Å². The van der Waals surface area contributed by atoms with E-state index in [-0.39, 0.29) is 37.3 Å². The molecule has 5 heteroatoms. The highest BCUT2D eigenvalue weighted by atomic mass is 16.5. The van der Waals surface area contributed by atoms with Crippen molar-refractivity contribution in [1.29, 1.82) is 0 Å². The van der Waals surface area contributed by atoms with Gasteiger partial charge >= 0.3 is 5.97 Å². The number of amides is 1. The number of benzene rings is 1. The first-order valence-electron chi connectivity index (χ1n) is 7.98. The molecular formula is C18H23NO4. The Morgan fingerprint density at radius 2 is 2.09 bits per heavy atom. The minimum atomic E-state index is -0.428. The van der Waals surface area contributed by atoms with Crippen molar-refractivity contribution < 1.29 is 19.4 Å². The van der Waals surface area contributed by atoms with Gasteiger partial charge in [0.15, 0.2) is 0 Å². The highest BCUT2D eigenvalue weighted by molar-refractivity contribution is 5.84. The van der Waals surface area contributed by atoms with E-state index in [9.17, 15) is 14.7 Å². The van der Waals surface area contributed by atoms with Crippen molar-refractivity contribution in [1.82, 2.24) is 4.90 Å². The topological polar surface area (TPSA) is 66.8 Å². The maximum absolute atomic E-state index is 12.8. The third-order valence-electron chi connectivity index (χ3n) is 3.91. The van der Waals surface area contributed by atoms with Crippen LogP contribution in [0.2, 0.25) is 0 Å². The molecule has 0 saturated carbocycles. The van der Waals surface area contributed by atoms with Gasteiger partial charge in [-0.15, -0.1) is 0 Å². The van der Waals surface area contributed by atoms with Crippen molar-refractivity contribution in [2.45, 2.75) is 32.7 Å². The molecule has 1 aromatic carbocycles. The number of rotatable bonds is 6. The molecule has 0 fully saturated rings. The Hall–Kier alpha value is -2.30. The first kappa shape index (κ1) is 17.1. The highest BCUT2D eigenvalue weighted by Crippen LogP contribution is 2.23. The van der Waals surface area contributed by atoms with Crippen LogP contribution in [0.5, 0.6) is 5.75 Å². The van der Waals surface area contributed by atoms with Crippen molar-refractivity contribution in [3.05, 3.63) is 42.0 Å². The summed E-state index contributed by atoms with van der Waals surface area (Å²) in [5.74, 6) is -0.480. The van der Waals surface area contributed by atoms with Gasteiger partial charge in [0.2, 0.25) is 5.91 Å². The van der Waals surface area contributed by atoms with Crippen molar-refractivity contribution >= 4 is 11.9 Å². The molecule has 1 aromatic rings. The second-order valence-corrected chi connectivity index (χ2v) is 5.61. The van der Waals surface area contributed by atoms with Crippen LogP contribution in [0.1, 0.15) is 31.7 Å². The standard InChI is InChI=1S/C18H23NO4/c1-2-23-17(21)13-19(12-15-10-6-7-11-16(15)20)18(22)14-8-4-3-5-9-14/h3-4,6-7,10-11,14,20H,2,5,8-9,12-13H2,1H3. The number of phenols is 1. The van der Waals surface area contributed by atoms with Crippen LogP contribution in [0.25, 0.3) is 0 Å². The molecule has 0 spiro atoms. The van der Waals surface area contributed by atoms with E-state index in [1.807, 2.05) is 6.08 Å². The number of hydrogen-bond donors (Lipinski definition) is 1. The number of carbonyl (C=O) groups is 2. The maximum atomic E-state index is 12.8. The van der Waals surface area contributed by atoms with E-state index < -0.39 is 5.97 Å². The smallest absolute Gasteiger partial charge is 0.325 e. The SMILES string of the molecule is CCOC(=O)CN(Cc1ccccc1O)C(=O)C1CC=CCC1. The fourth-order valence-corrected chi connectivity index (χ4v) is 2.70. The molecule has 0 aliphatic heterocycles. The molecule has 2 rings (SSSR count). The van der Waals surface area contributed by atoms with Crippen LogP contribution in [0, 0.1) is 5.92 Å². The van der Waals surface area contributed by atoms with Gasteiger partial charge in [0, 0.05) is 18.0 Å². The number of hydrogen-bond acceptors (Lipinski definition) is 4. The molecule has 1 atom stereocenters. The molecule has 0 radical (unpaired) electrons. The molecule has 0 saturated heterocycles. The van der Waals surface area contributed by atoms with E-state index in [0.29, 0.717) is 12.0 Å². The molecule has 124 valence electrons. The third kappa shape index (κ3) is 4.84. The van der Waals surface area contributed by atoms with E-state index in [2.05, 4.69) is 6.08 Å². The number of phenolic OH excluding ortho intramolecular Hbond substituents is 1. The van der Waals surface area contributed by atoms with Gasteiger partial charge in [0.1, 0.15) is 12.3 Å². The first-order chi connectivity index (χ1) is 11.1. The number of nitrogens with zero attached hydrogens (tertiary/aromatic N) is 1. The number of carbonyl (C=O) groups excluding carboxylic acids is 2. The minimum Gasteiger partial charge on any atom is -0.508 e. The molecule has 1 aliphatic carbocycles. The Kier molecular flexibility index (Phi) is 6.20. The molecule has 0 aromatic heterocycles.